The SMILES string of the molecule is CC(=O)C1=C(C)OC(/N=C/c2ccccc2)=C(C#N)C1c1ccco1. The minimum atomic E-state index is -0.617. The van der Waals surface area contributed by atoms with Crippen LogP contribution in [0.15, 0.2) is 80.9 Å². The Hall–Kier alpha value is -3.39. The fourth-order valence-electron chi connectivity index (χ4n) is 2.80. The molecule has 0 bridgehead atoms. The molecule has 0 radical (unpaired) electrons. The summed E-state index contributed by atoms with van der Waals surface area (Å²) in [6.07, 6.45) is 3.14. The van der Waals surface area contributed by atoms with Crippen molar-refractivity contribution in [1.82, 2.24) is 0 Å². The Labute approximate surface area is 145 Å². The van der Waals surface area contributed by atoms with Gasteiger partial charge in [0.15, 0.2) is 5.78 Å². The van der Waals surface area contributed by atoms with Crippen molar-refractivity contribution in [2.45, 2.75) is 19.8 Å². The number of ether oxygens (including phenoxy) is 1. The van der Waals surface area contributed by atoms with E-state index >= 15 is 0 Å². The van der Waals surface area contributed by atoms with Gasteiger partial charge in [0.05, 0.1) is 12.2 Å². The van der Waals surface area contributed by atoms with E-state index in [1.54, 1.807) is 25.3 Å². The van der Waals surface area contributed by atoms with Gasteiger partial charge in [0.2, 0.25) is 5.88 Å². The second kappa shape index (κ2) is 7.02. The Morgan fingerprint density at radius 1 is 1.24 bits per heavy atom. The van der Waals surface area contributed by atoms with Crippen LogP contribution in [-0.2, 0) is 9.53 Å². The molecule has 1 atom stereocenters. The highest BCUT2D eigenvalue weighted by Crippen LogP contribution is 2.40. The summed E-state index contributed by atoms with van der Waals surface area (Å²) in [5.41, 5.74) is 1.53. The second-order valence-corrected chi connectivity index (χ2v) is 5.58. The predicted octanol–water partition coefficient (Wildman–Crippen LogP) is 4.11. The zero-order valence-electron chi connectivity index (χ0n) is 13.9. The average Bonchev–Trinajstić information content (AvgIpc) is 3.14. The maximum Gasteiger partial charge on any atom is 0.233 e. The second-order valence-electron chi connectivity index (χ2n) is 5.58. The van der Waals surface area contributed by atoms with Gasteiger partial charge < -0.3 is 9.15 Å². The van der Waals surface area contributed by atoms with E-state index in [0.717, 1.165) is 5.56 Å². The van der Waals surface area contributed by atoms with Crippen LogP contribution < -0.4 is 0 Å². The first-order valence-corrected chi connectivity index (χ1v) is 7.78. The highest BCUT2D eigenvalue weighted by Gasteiger charge is 2.36. The fraction of sp³-hybridized carbons (Fsp3) is 0.150. The van der Waals surface area contributed by atoms with Gasteiger partial charge >= 0.3 is 0 Å². The van der Waals surface area contributed by atoms with Gasteiger partial charge in [-0.1, -0.05) is 30.3 Å². The number of aliphatic imine (C=N–C) groups is 1. The zero-order chi connectivity index (χ0) is 17.8. The topological polar surface area (TPSA) is 75.6 Å². The van der Waals surface area contributed by atoms with E-state index in [2.05, 4.69) is 11.1 Å². The molecule has 0 N–H and O–H groups in total. The van der Waals surface area contributed by atoms with Crippen molar-refractivity contribution in [2.24, 2.45) is 4.99 Å². The predicted molar refractivity (Wildman–Crippen MR) is 92.6 cm³/mol. The van der Waals surface area contributed by atoms with Crippen LogP contribution in [0.2, 0.25) is 0 Å². The molecule has 5 heteroatoms. The Kier molecular flexibility index (Phi) is 4.62. The summed E-state index contributed by atoms with van der Waals surface area (Å²) in [6.45, 7) is 3.14. The molecule has 1 aliphatic heterocycles. The molecule has 1 aromatic carbocycles. The van der Waals surface area contributed by atoms with Crippen LogP contribution >= 0.6 is 0 Å². The van der Waals surface area contributed by atoms with Crippen molar-refractivity contribution in [3.8, 4) is 6.07 Å². The molecular weight excluding hydrogens is 316 g/mol. The van der Waals surface area contributed by atoms with Crippen LogP contribution in [0, 0.1) is 11.3 Å². The number of carbonyl (C=O) groups excluding carboxylic acids is 1. The van der Waals surface area contributed by atoms with Gasteiger partial charge in [-0.25, -0.2) is 4.99 Å². The molecule has 2 aromatic rings. The average molecular weight is 332 g/mol. The summed E-state index contributed by atoms with van der Waals surface area (Å²) in [7, 11) is 0. The van der Waals surface area contributed by atoms with Gasteiger partial charge in [0, 0.05) is 11.8 Å². The number of nitriles is 1. The lowest BCUT2D eigenvalue weighted by Crippen LogP contribution is -2.19. The lowest BCUT2D eigenvalue weighted by molar-refractivity contribution is -0.114. The molecule has 124 valence electrons. The van der Waals surface area contributed by atoms with Crippen molar-refractivity contribution in [2.75, 3.05) is 0 Å². The fourth-order valence-corrected chi connectivity index (χ4v) is 2.80. The third-order valence-electron chi connectivity index (χ3n) is 3.89. The summed E-state index contributed by atoms with van der Waals surface area (Å²) in [6, 6.07) is 15.1. The van der Waals surface area contributed by atoms with Crippen LogP contribution in [-0.4, -0.2) is 12.0 Å². The number of ketones is 1. The number of benzene rings is 1. The molecule has 5 nitrogen and oxygen atoms in total. The summed E-state index contributed by atoms with van der Waals surface area (Å²) in [4.78, 5) is 16.4. The molecule has 0 amide bonds. The zero-order valence-corrected chi connectivity index (χ0v) is 13.9. The van der Waals surface area contributed by atoms with Crippen molar-refractivity contribution >= 4 is 12.0 Å². The van der Waals surface area contributed by atoms with Crippen molar-refractivity contribution in [1.29, 1.82) is 5.26 Å². The number of allylic oxidation sites excluding steroid dienone is 3. The first-order chi connectivity index (χ1) is 12.1. The van der Waals surface area contributed by atoms with Crippen LogP contribution in [0.25, 0.3) is 0 Å². The van der Waals surface area contributed by atoms with E-state index in [4.69, 9.17) is 9.15 Å². The van der Waals surface area contributed by atoms with Crippen molar-refractivity contribution in [3.63, 3.8) is 0 Å². The molecule has 0 saturated heterocycles. The van der Waals surface area contributed by atoms with Crippen LogP contribution in [0.3, 0.4) is 0 Å². The highest BCUT2D eigenvalue weighted by atomic mass is 16.5. The Balaban J connectivity index is 2.08. The normalized spacial score (nSPS) is 17.6. The third kappa shape index (κ3) is 3.29. The van der Waals surface area contributed by atoms with E-state index in [9.17, 15) is 10.1 Å². The maximum absolute atomic E-state index is 12.1. The van der Waals surface area contributed by atoms with Crippen molar-refractivity contribution in [3.05, 3.63) is 82.8 Å². The first-order valence-electron chi connectivity index (χ1n) is 7.78. The monoisotopic (exact) mass is 332 g/mol. The van der Waals surface area contributed by atoms with Gasteiger partial charge in [-0.05, 0) is 31.5 Å². The number of rotatable bonds is 4. The van der Waals surface area contributed by atoms with Gasteiger partial charge in [0.25, 0.3) is 0 Å². The first kappa shape index (κ1) is 16.5. The van der Waals surface area contributed by atoms with Gasteiger partial charge in [0.1, 0.15) is 23.2 Å². The van der Waals surface area contributed by atoms with Gasteiger partial charge in [-0.15, -0.1) is 0 Å². The highest BCUT2D eigenvalue weighted by molar-refractivity contribution is 5.96. The minimum absolute atomic E-state index is 0.169. The van der Waals surface area contributed by atoms with Crippen LogP contribution in [0.5, 0.6) is 0 Å². The quantitative estimate of drug-likeness (QED) is 0.790. The third-order valence-corrected chi connectivity index (χ3v) is 3.89. The number of Topliss-reactive ketones (excluding diaryl/α,β-unsaturated/α-hetero) is 1. The Morgan fingerprint density at radius 3 is 2.60 bits per heavy atom. The summed E-state index contributed by atoms with van der Waals surface area (Å²) >= 11 is 0. The number of carbonyl (C=O) groups is 1. The molecule has 0 saturated carbocycles. The Morgan fingerprint density at radius 2 is 2.00 bits per heavy atom. The van der Waals surface area contributed by atoms with Gasteiger partial charge in [-0.3, -0.25) is 4.79 Å². The lowest BCUT2D eigenvalue weighted by atomic mass is 9.85. The minimum Gasteiger partial charge on any atom is -0.468 e. The van der Waals surface area contributed by atoms with Crippen LogP contribution in [0.4, 0.5) is 0 Å². The molecule has 0 aliphatic carbocycles. The molecule has 3 rings (SSSR count). The van der Waals surface area contributed by atoms with E-state index < -0.39 is 5.92 Å². The molecule has 1 aliphatic rings. The summed E-state index contributed by atoms with van der Waals surface area (Å²) in [5, 5.41) is 9.68. The number of hydrogen-bond donors (Lipinski definition) is 0. The summed E-state index contributed by atoms with van der Waals surface area (Å²) < 4.78 is 11.2. The van der Waals surface area contributed by atoms with Gasteiger partial charge in [-0.2, -0.15) is 5.26 Å². The van der Waals surface area contributed by atoms with Crippen LogP contribution in [0.1, 0.15) is 31.1 Å². The molecule has 1 aromatic heterocycles. The van der Waals surface area contributed by atoms with E-state index in [-0.39, 0.29) is 17.2 Å². The smallest absolute Gasteiger partial charge is 0.233 e. The van der Waals surface area contributed by atoms with E-state index in [1.165, 1.54) is 13.2 Å². The molecule has 25 heavy (non-hydrogen) atoms. The largest absolute Gasteiger partial charge is 0.468 e. The maximum atomic E-state index is 12.1. The molecule has 0 fully saturated rings. The van der Waals surface area contributed by atoms with Crippen molar-refractivity contribution < 1.29 is 13.9 Å². The molecule has 2 heterocycles. The lowest BCUT2D eigenvalue weighted by Gasteiger charge is -2.24. The Bertz CT molecular complexity index is 914. The molecule has 1 unspecified atom stereocenters. The number of hydrogen-bond acceptors (Lipinski definition) is 5. The standard InChI is InChI=1S/C20H16N2O3/c1-13(23)18-14(2)25-20(22-12-15-7-4-3-5-8-15)16(11-21)19(18)17-9-6-10-24-17/h3-10,12,19H,1-2H3/b22-12+. The van der Waals surface area contributed by atoms with E-state index in [0.29, 0.717) is 17.1 Å². The molecular formula is C20H16N2O3. The number of nitrogens with zero attached hydrogens (tertiary/aromatic N) is 2. The number of furan rings is 1. The van der Waals surface area contributed by atoms with E-state index in [1.807, 2.05) is 30.3 Å². The summed E-state index contributed by atoms with van der Waals surface area (Å²) in [5.74, 6) is 0.326. The molecule has 0 spiro atoms.